The molecule has 0 saturated carbocycles. The van der Waals surface area contributed by atoms with E-state index in [0.29, 0.717) is 11.1 Å². The van der Waals surface area contributed by atoms with E-state index >= 15 is 8.78 Å². The number of rotatable bonds is 2. The SMILES string of the molecule is CSC(C)C.FC1(F)c2ccccc2-c2cc3c4ccccc4n(-c4ccc5c6ccccc6c6ccccc6c5c4)c3cc21. The van der Waals surface area contributed by atoms with E-state index in [1.165, 1.54) is 26.9 Å². The third-order valence-electron chi connectivity index (χ3n) is 9.16. The molecule has 9 rings (SSSR count). The van der Waals surface area contributed by atoms with Crippen LogP contribution in [0.4, 0.5) is 8.78 Å². The summed E-state index contributed by atoms with van der Waals surface area (Å²) in [6, 6.07) is 42.3. The van der Waals surface area contributed by atoms with Gasteiger partial charge in [0.1, 0.15) is 0 Å². The molecule has 0 unspecified atom stereocenters. The summed E-state index contributed by atoms with van der Waals surface area (Å²) < 4.78 is 33.7. The minimum absolute atomic E-state index is 0.0717. The predicted octanol–water partition coefficient (Wildman–Crippen LogP) is 12.1. The Labute approximate surface area is 265 Å². The van der Waals surface area contributed by atoms with Crippen LogP contribution in [0.1, 0.15) is 25.0 Å². The van der Waals surface area contributed by atoms with Gasteiger partial charge >= 0.3 is 0 Å². The lowest BCUT2D eigenvalue weighted by Gasteiger charge is -2.15. The highest BCUT2D eigenvalue weighted by atomic mass is 32.2. The fourth-order valence-corrected chi connectivity index (χ4v) is 6.95. The summed E-state index contributed by atoms with van der Waals surface area (Å²) in [6.07, 6.45) is 2.12. The van der Waals surface area contributed by atoms with Crippen LogP contribution in [0.2, 0.25) is 0 Å². The molecule has 0 atom stereocenters. The average molecular weight is 608 g/mol. The number of para-hydroxylation sites is 1. The second-order valence-corrected chi connectivity index (χ2v) is 13.4. The van der Waals surface area contributed by atoms with Crippen LogP contribution in [-0.2, 0) is 5.92 Å². The zero-order valence-corrected chi connectivity index (χ0v) is 26.1. The summed E-state index contributed by atoms with van der Waals surface area (Å²) in [6.45, 7) is 4.37. The molecule has 1 aromatic heterocycles. The molecule has 0 bridgehead atoms. The van der Waals surface area contributed by atoms with Crippen LogP contribution in [0.5, 0.6) is 0 Å². The van der Waals surface area contributed by atoms with Crippen molar-refractivity contribution >= 4 is 65.9 Å². The molecule has 0 fully saturated rings. The Morgan fingerprint density at radius 3 is 1.69 bits per heavy atom. The molecule has 7 aromatic carbocycles. The molecule has 0 amide bonds. The molecule has 1 nitrogen and oxygen atoms in total. The zero-order valence-electron chi connectivity index (χ0n) is 25.3. The Morgan fingerprint density at radius 1 is 0.511 bits per heavy atom. The number of alkyl halides is 2. The highest BCUT2D eigenvalue weighted by Crippen LogP contribution is 2.53. The van der Waals surface area contributed by atoms with Gasteiger partial charge in [-0.25, -0.2) is 0 Å². The summed E-state index contributed by atoms with van der Waals surface area (Å²) in [5, 5.41) is 9.99. The monoisotopic (exact) mass is 607 g/mol. The summed E-state index contributed by atoms with van der Waals surface area (Å²) in [5.41, 5.74) is 4.13. The molecular weight excluding hydrogens is 577 g/mol. The van der Waals surface area contributed by atoms with Crippen molar-refractivity contribution in [1.82, 2.24) is 4.57 Å². The van der Waals surface area contributed by atoms with E-state index in [2.05, 4.69) is 104 Å². The molecule has 0 saturated heterocycles. The maximum Gasteiger partial charge on any atom is 0.299 e. The van der Waals surface area contributed by atoms with Crippen molar-refractivity contribution in [2.45, 2.75) is 25.0 Å². The Balaban J connectivity index is 0.000000560. The molecule has 8 aromatic rings. The van der Waals surface area contributed by atoms with Gasteiger partial charge in [-0.2, -0.15) is 20.5 Å². The van der Waals surface area contributed by atoms with Crippen molar-refractivity contribution < 1.29 is 8.78 Å². The van der Waals surface area contributed by atoms with Gasteiger partial charge in [-0.15, -0.1) is 0 Å². The van der Waals surface area contributed by atoms with Gasteiger partial charge in [0, 0.05) is 27.6 Å². The third kappa shape index (κ3) is 4.19. The topological polar surface area (TPSA) is 4.93 Å². The largest absolute Gasteiger partial charge is 0.309 e. The molecule has 4 heteroatoms. The van der Waals surface area contributed by atoms with Crippen LogP contribution in [0.25, 0.3) is 70.9 Å². The van der Waals surface area contributed by atoms with Crippen LogP contribution in [0.3, 0.4) is 0 Å². The molecule has 0 aliphatic heterocycles. The normalized spacial score (nSPS) is 13.5. The predicted molar refractivity (Wildman–Crippen MR) is 190 cm³/mol. The van der Waals surface area contributed by atoms with E-state index in [4.69, 9.17) is 0 Å². The lowest BCUT2D eigenvalue weighted by Crippen LogP contribution is -2.10. The van der Waals surface area contributed by atoms with Crippen molar-refractivity contribution in [3.8, 4) is 16.8 Å². The van der Waals surface area contributed by atoms with Gasteiger partial charge in [0.2, 0.25) is 0 Å². The van der Waals surface area contributed by atoms with Crippen molar-refractivity contribution in [3.63, 3.8) is 0 Å². The zero-order chi connectivity index (χ0) is 30.9. The summed E-state index contributed by atoms with van der Waals surface area (Å²) in [4.78, 5) is 0. The number of hydrogen-bond acceptors (Lipinski definition) is 1. The summed E-state index contributed by atoms with van der Waals surface area (Å²) >= 11 is 1.88. The first-order valence-corrected chi connectivity index (χ1v) is 16.6. The van der Waals surface area contributed by atoms with Crippen LogP contribution in [-0.4, -0.2) is 16.1 Å². The van der Waals surface area contributed by atoms with Crippen molar-refractivity contribution in [1.29, 1.82) is 0 Å². The van der Waals surface area contributed by atoms with Gasteiger partial charge in [0.25, 0.3) is 5.92 Å². The standard InChI is InChI=1S/C37H21F2N.C4H10S/c38-37(39)33-15-7-5-13-28(33)31-20-32-29-14-6-8-16-35(29)40(36(32)21-34(31)37)22-17-18-27-25-11-2-1-9-23(25)24-10-3-4-12-26(24)30(27)19-22;1-4(2)5-3/h1-21H;4H,1-3H3. The Kier molecular flexibility index (Phi) is 6.47. The van der Waals surface area contributed by atoms with E-state index in [1.54, 1.807) is 24.3 Å². The van der Waals surface area contributed by atoms with Gasteiger partial charge < -0.3 is 4.57 Å². The van der Waals surface area contributed by atoms with Gasteiger partial charge in [0.05, 0.1) is 11.0 Å². The average Bonchev–Trinajstić information content (AvgIpc) is 3.52. The fourth-order valence-electron chi connectivity index (χ4n) is 6.95. The number of thioether (sulfide) groups is 1. The van der Waals surface area contributed by atoms with Crippen LogP contribution in [0, 0.1) is 0 Å². The molecule has 1 heterocycles. The van der Waals surface area contributed by atoms with Crippen molar-refractivity contribution in [2.24, 2.45) is 0 Å². The number of nitrogens with zero attached hydrogens (tertiary/aromatic N) is 1. The highest BCUT2D eigenvalue weighted by Gasteiger charge is 2.44. The molecule has 220 valence electrons. The number of fused-ring (bicyclic) bond motifs is 12. The van der Waals surface area contributed by atoms with Crippen molar-refractivity contribution in [2.75, 3.05) is 6.26 Å². The molecule has 1 aliphatic rings. The molecule has 0 radical (unpaired) electrons. The quantitative estimate of drug-likeness (QED) is 0.177. The van der Waals surface area contributed by atoms with Gasteiger partial charge in [-0.3, -0.25) is 0 Å². The molecule has 45 heavy (non-hydrogen) atoms. The lowest BCUT2D eigenvalue weighted by molar-refractivity contribution is 0.0481. The summed E-state index contributed by atoms with van der Waals surface area (Å²) in [5.74, 6) is -3.04. The highest BCUT2D eigenvalue weighted by molar-refractivity contribution is 7.99. The van der Waals surface area contributed by atoms with Crippen LogP contribution >= 0.6 is 11.8 Å². The fraction of sp³-hybridized carbons (Fsp3) is 0.122. The maximum absolute atomic E-state index is 15.8. The van der Waals surface area contributed by atoms with Crippen molar-refractivity contribution in [3.05, 3.63) is 139 Å². The first kappa shape index (κ1) is 27.8. The minimum atomic E-state index is -3.04. The number of halogens is 2. The number of benzene rings is 7. The number of aromatic nitrogens is 1. The Morgan fingerprint density at radius 2 is 1.04 bits per heavy atom. The number of hydrogen-bond donors (Lipinski definition) is 0. The van der Waals surface area contributed by atoms with Crippen LogP contribution < -0.4 is 0 Å². The van der Waals surface area contributed by atoms with Gasteiger partial charge in [-0.1, -0.05) is 111 Å². The molecule has 1 aliphatic carbocycles. The minimum Gasteiger partial charge on any atom is -0.309 e. The first-order chi connectivity index (χ1) is 21.9. The maximum atomic E-state index is 15.8. The van der Waals surface area contributed by atoms with Gasteiger partial charge in [-0.05, 0) is 85.3 Å². The molecule has 0 N–H and O–H groups in total. The Hall–Kier alpha value is -4.67. The van der Waals surface area contributed by atoms with E-state index in [9.17, 15) is 0 Å². The van der Waals surface area contributed by atoms with E-state index in [0.717, 1.165) is 38.1 Å². The third-order valence-corrected chi connectivity index (χ3v) is 10.1. The van der Waals surface area contributed by atoms with E-state index in [-0.39, 0.29) is 11.1 Å². The van der Waals surface area contributed by atoms with E-state index < -0.39 is 5.92 Å². The van der Waals surface area contributed by atoms with E-state index in [1.807, 2.05) is 36.0 Å². The molecular formula is C41H31F2NS. The summed E-state index contributed by atoms with van der Waals surface area (Å²) in [7, 11) is 0. The second kappa shape index (κ2) is 10.5. The van der Waals surface area contributed by atoms with Crippen LogP contribution in [0.15, 0.2) is 127 Å². The second-order valence-electron chi connectivity index (χ2n) is 12.0. The Bertz CT molecular complexity index is 2400. The first-order valence-electron chi connectivity index (χ1n) is 15.3. The lowest BCUT2D eigenvalue weighted by atomic mass is 9.94. The van der Waals surface area contributed by atoms with Gasteiger partial charge in [0.15, 0.2) is 0 Å². The smallest absolute Gasteiger partial charge is 0.299 e. The molecule has 0 spiro atoms.